The zero-order valence-electron chi connectivity index (χ0n) is 12.4. The summed E-state index contributed by atoms with van der Waals surface area (Å²) in [6.07, 6.45) is 0.974. The highest BCUT2D eigenvalue weighted by Crippen LogP contribution is 2.22. The normalized spacial score (nSPS) is 10.7. The van der Waals surface area contributed by atoms with E-state index < -0.39 is 4.92 Å². The minimum absolute atomic E-state index is 0.0548. The van der Waals surface area contributed by atoms with Gasteiger partial charge in [0.15, 0.2) is 5.78 Å². The Balaban J connectivity index is 1.97. The Morgan fingerprint density at radius 1 is 1.32 bits per heavy atom. The molecule has 0 N–H and O–H groups in total. The number of Topliss-reactive ketones (excluding diaryl/α,β-unsaturated/α-hetero) is 1. The molecular formula is C15H16BrN3O3. The van der Waals surface area contributed by atoms with Gasteiger partial charge in [-0.25, -0.2) is 0 Å². The average molecular weight is 366 g/mol. The van der Waals surface area contributed by atoms with Crippen molar-refractivity contribution >= 4 is 27.4 Å². The lowest BCUT2D eigenvalue weighted by atomic mass is 10.1. The fraction of sp³-hybridized carbons (Fsp3) is 0.333. The zero-order chi connectivity index (χ0) is 16.3. The number of ketones is 1. The van der Waals surface area contributed by atoms with Gasteiger partial charge in [0, 0.05) is 23.0 Å². The second-order valence-electron chi connectivity index (χ2n) is 5.03. The second-order valence-corrected chi connectivity index (χ2v) is 5.95. The molecule has 0 radical (unpaired) electrons. The second kappa shape index (κ2) is 6.83. The van der Waals surface area contributed by atoms with E-state index in [0.29, 0.717) is 36.3 Å². The molecule has 7 heteroatoms. The first-order valence-corrected chi connectivity index (χ1v) is 7.66. The summed E-state index contributed by atoms with van der Waals surface area (Å²) < 4.78 is 2.53. The number of nitrogens with zero attached hydrogens (tertiary/aromatic N) is 3. The SMILES string of the molecule is Cc1nn(CCCC(=O)c2ccc(Br)cc2)c(C)c1[N+](=O)[O-]. The van der Waals surface area contributed by atoms with Crippen LogP contribution in [0.1, 0.15) is 34.6 Å². The largest absolute Gasteiger partial charge is 0.312 e. The van der Waals surface area contributed by atoms with Crippen LogP contribution in [0.2, 0.25) is 0 Å². The first kappa shape index (κ1) is 16.4. The summed E-state index contributed by atoms with van der Waals surface area (Å²) in [7, 11) is 0. The minimum atomic E-state index is -0.416. The van der Waals surface area contributed by atoms with Gasteiger partial charge >= 0.3 is 5.69 Å². The number of hydrogen-bond donors (Lipinski definition) is 0. The number of carbonyl (C=O) groups excluding carboxylic acids is 1. The molecule has 0 amide bonds. The van der Waals surface area contributed by atoms with Crippen molar-refractivity contribution in [3.8, 4) is 0 Å². The van der Waals surface area contributed by atoms with Crippen molar-refractivity contribution in [3.63, 3.8) is 0 Å². The molecular weight excluding hydrogens is 350 g/mol. The maximum absolute atomic E-state index is 12.1. The van der Waals surface area contributed by atoms with Gasteiger partial charge in [-0.05, 0) is 32.4 Å². The zero-order valence-corrected chi connectivity index (χ0v) is 14.0. The van der Waals surface area contributed by atoms with Crippen LogP contribution in [-0.4, -0.2) is 20.5 Å². The molecule has 0 fully saturated rings. The summed E-state index contributed by atoms with van der Waals surface area (Å²) in [6, 6.07) is 7.22. The number of hydrogen-bond acceptors (Lipinski definition) is 4. The van der Waals surface area contributed by atoms with Gasteiger partial charge in [0.1, 0.15) is 11.4 Å². The lowest BCUT2D eigenvalue weighted by Gasteiger charge is -2.04. The van der Waals surface area contributed by atoms with Gasteiger partial charge in [0.05, 0.1) is 4.92 Å². The predicted octanol–water partition coefficient (Wildman–Crippen LogP) is 3.83. The van der Waals surface area contributed by atoms with E-state index in [9.17, 15) is 14.9 Å². The Hall–Kier alpha value is -2.02. The smallest absolute Gasteiger partial charge is 0.294 e. The van der Waals surface area contributed by atoms with Crippen LogP contribution < -0.4 is 0 Å². The first-order valence-electron chi connectivity index (χ1n) is 6.87. The molecule has 0 aliphatic heterocycles. The molecule has 0 saturated heterocycles. The Morgan fingerprint density at radius 2 is 1.95 bits per heavy atom. The fourth-order valence-corrected chi connectivity index (χ4v) is 2.60. The molecule has 0 aliphatic rings. The summed E-state index contributed by atoms with van der Waals surface area (Å²) in [5, 5.41) is 15.1. The maximum Gasteiger partial charge on any atom is 0.312 e. The molecule has 0 saturated carbocycles. The minimum Gasteiger partial charge on any atom is -0.294 e. The Kier molecular flexibility index (Phi) is 5.07. The third-order valence-corrected chi connectivity index (χ3v) is 3.99. The highest BCUT2D eigenvalue weighted by atomic mass is 79.9. The standard InChI is InChI=1S/C15H16BrN3O3/c1-10-15(19(21)22)11(2)18(17-10)9-3-4-14(20)12-5-7-13(16)8-6-12/h5-8H,3-4,9H2,1-2H3. The van der Waals surface area contributed by atoms with Gasteiger partial charge in [0.2, 0.25) is 0 Å². The monoisotopic (exact) mass is 365 g/mol. The van der Waals surface area contributed by atoms with Crippen LogP contribution >= 0.6 is 15.9 Å². The third-order valence-electron chi connectivity index (χ3n) is 3.47. The van der Waals surface area contributed by atoms with Crippen molar-refractivity contribution in [3.05, 3.63) is 55.8 Å². The van der Waals surface area contributed by atoms with E-state index in [1.165, 1.54) is 0 Å². The van der Waals surface area contributed by atoms with E-state index >= 15 is 0 Å². The van der Waals surface area contributed by atoms with E-state index in [0.717, 1.165) is 4.47 Å². The number of aryl methyl sites for hydroxylation is 2. The van der Waals surface area contributed by atoms with Gasteiger partial charge in [-0.3, -0.25) is 19.6 Å². The average Bonchev–Trinajstić information content (AvgIpc) is 2.74. The molecule has 0 aliphatic carbocycles. The molecule has 2 aromatic rings. The summed E-state index contributed by atoms with van der Waals surface area (Å²) in [4.78, 5) is 22.6. The van der Waals surface area contributed by atoms with Gasteiger partial charge in [-0.15, -0.1) is 0 Å². The maximum atomic E-state index is 12.1. The molecule has 116 valence electrons. The summed E-state index contributed by atoms with van der Waals surface area (Å²) in [5.74, 6) is 0.0588. The fourth-order valence-electron chi connectivity index (χ4n) is 2.34. The number of benzene rings is 1. The van der Waals surface area contributed by atoms with E-state index in [4.69, 9.17) is 0 Å². The van der Waals surface area contributed by atoms with E-state index in [1.807, 2.05) is 12.1 Å². The number of carbonyl (C=O) groups is 1. The quantitative estimate of drug-likeness (QED) is 0.442. The molecule has 0 spiro atoms. The van der Waals surface area contributed by atoms with Crippen molar-refractivity contribution in [2.45, 2.75) is 33.2 Å². The number of nitro groups is 1. The summed E-state index contributed by atoms with van der Waals surface area (Å²) in [6.45, 7) is 3.78. The molecule has 0 bridgehead atoms. The van der Waals surface area contributed by atoms with Crippen LogP contribution in [0.3, 0.4) is 0 Å². The van der Waals surface area contributed by atoms with Crippen molar-refractivity contribution < 1.29 is 9.72 Å². The topological polar surface area (TPSA) is 78.0 Å². The van der Waals surface area contributed by atoms with E-state index in [1.54, 1.807) is 30.7 Å². The van der Waals surface area contributed by atoms with Crippen LogP contribution in [0.5, 0.6) is 0 Å². The Labute approximate surface area is 136 Å². The first-order chi connectivity index (χ1) is 10.4. The van der Waals surface area contributed by atoms with E-state index in [-0.39, 0.29) is 11.5 Å². The van der Waals surface area contributed by atoms with Crippen LogP contribution in [0.4, 0.5) is 5.69 Å². The molecule has 0 unspecified atom stereocenters. The lowest BCUT2D eigenvalue weighted by Crippen LogP contribution is -2.06. The molecule has 22 heavy (non-hydrogen) atoms. The molecule has 0 atom stereocenters. The van der Waals surface area contributed by atoms with Crippen LogP contribution in [-0.2, 0) is 6.54 Å². The van der Waals surface area contributed by atoms with Crippen LogP contribution in [0.25, 0.3) is 0 Å². The van der Waals surface area contributed by atoms with Crippen molar-refractivity contribution in [1.29, 1.82) is 0 Å². The highest BCUT2D eigenvalue weighted by Gasteiger charge is 2.21. The lowest BCUT2D eigenvalue weighted by molar-refractivity contribution is -0.386. The molecule has 1 aromatic heterocycles. The van der Waals surface area contributed by atoms with Gasteiger partial charge in [-0.1, -0.05) is 28.1 Å². The molecule has 6 nitrogen and oxygen atoms in total. The Bertz CT molecular complexity index is 708. The van der Waals surface area contributed by atoms with Gasteiger partial charge in [0.25, 0.3) is 0 Å². The molecule has 1 aromatic carbocycles. The van der Waals surface area contributed by atoms with E-state index in [2.05, 4.69) is 21.0 Å². The van der Waals surface area contributed by atoms with Crippen LogP contribution in [0, 0.1) is 24.0 Å². The van der Waals surface area contributed by atoms with Gasteiger partial charge < -0.3 is 0 Å². The van der Waals surface area contributed by atoms with Crippen molar-refractivity contribution in [1.82, 2.24) is 9.78 Å². The number of aromatic nitrogens is 2. The number of rotatable bonds is 6. The number of halogens is 1. The summed E-state index contributed by atoms with van der Waals surface area (Å²) >= 11 is 3.33. The summed E-state index contributed by atoms with van der Waals surface area (Å²) in [5.41, 5.74) is 1.65. The van der Waals surface area contributed by atoms with Crippen molar-refractivity contribution in [2.75, 3.05) is 0 Å². The predicted molar refractivity (Wildman–Crippen MR) is 86.1 cm³/mol. The third kappa shape index (κ3) is 3.59. The van der Waals surface area contributed by atoms with Crippen molar-refractivity contribution in [2.24, 2.45) is 0 Å². The molecule has 2 rings (SSSR count). The highest BCUT2D eigenvalue weighted by molar-refractivity contribution is 9.10. The van der Waals surface area contributed by atoms with Crippen LogP contribution in [0.15, 0.2) is 28.7 Å². The Morgan fingerprint density at radius 3 is 2.50 bits per heavy atom. The molecule has 1 heterocycles. The van der Waals surface area contributed by atoms with Gasteiger partial charge in [-0.2, -0.15) is 5.10 Å².